The molecule has 1 amide bonds. The lowest BCUT2D eigenvalue weighted by atomic mass is 10.1. The fourth-order valence-corrected chi connectivity index (χ4v) is 4.47. The number of H-pyrrole nitrogens is 1. The summed E-state index contributed by atoms with van der Waals surface area (Å²) in [6.07, 6.45) is 2.40. The smallest absolute Gasteiger partial charge is 0.328 e. The summed E-state index contributed by atoms with van der Waals surface area (Å²) in [6.45, 7) is 2.58. The summed E-state index contributed by atoms with van der Waals surface area (Å²) in [5, 5.41) is 4.13. The number of amides is 1. The second kappa shape index (κ2) is 9.49. The van der Waals surface area contributed by atoms with Crippen LogP contribution in [0.5, 0.6) is 0 Å². The van der Waals surface area contributed by atoms with Crippen LogP contribution in [0, 0.1) is 0 Å². The number of aromatic nitrogens is 2. The van der Waals surface area contributed by atoms with Gasteiger partial charge in [-0.15, -0.1) is 0 Å². The Kier molecular flexibility index (Phi) is 6.53. The molecule has 8 heteroatoms. The fraction of sp³-hybridized carbons (Fsp3) is 0.348. The fourth-order valence-electron chi connectivity index (χ4n) is 4.21. The highest BCUT2D eigenvalue weighted by atomic mass is 35.5. The number of fused-ring (bicyclic) bond motifs is 1. The van der Waals surface area contributed by atoms with Crippen LogP contribution in [0.25, 0.3) is 10.9 Å². The molecule has 1 fully saturated rings. The second-order valence-corrected chi connectivity index (χ2v) is 8.17. The van der Waals surface area contributed by atoms with Gasteiger partial charge in [-0.3, -0.25) is 24.0 Å². The molecule has 1 saturated heterocycles. The number of halogens is 1. The van der Waals surface area contributed by atoms with Crippen LogP contribution in [0.3, 0.4) is 0 Å². The number of hydrogen-bond donors (Lipinski definition) is 2. The van der Waals surface area contributed by atoms with Gasteiger partial charge in [-0.05, 0) is 49.7 Å². The summed E-state index contributed by atoms with van der Waals surface area (Å²) in [7, 11) is 0. The van der Waals surface area contributed by atoms with Crippen LogP contribution in [0.1, 0.15) is 30.9 Å². The van der Waals surface area contributed by atoms with Crippen molar-refractivity contribution in [1.82, 2.24) is 19.8 Å². The molecule has 2 N–H and O–H groups in total. The predicted molar refractivity (Wildman–Crippen MR) is 121 cm³/mol. The van der Waals surface area contributed by atoms with Crippen molar-refractivity contribution in [3.05, 3.63) is 80.0 Å². The third-order valence-electron chi connectivity index (χ3n) is 5.81. The zero-order valence-electron chi connectivity index (χ0n) is 17.1. The second-order valence-electron chi connectivity index (χ2n) is 7.76. The maximum Gasteiger partial charge on any atom is 0.328 e. The van der Waals surface area contributed by atoms with Crippen molar-refractivity contribution in [2.24, 2.45) is 0 Å². The molecule has 0 aliphatic carbocycles. The van der Waals surface area contributed by atoms with Gasteiger partial charge in [-0.2, -0.15) is 0 Å². The summed E-state index contributed by atoms with van der Waals surface area (Å²) in [5.41, 5.74) is 0.598. The van der Waals surface area contributed by atoms with E-state index in [1.165, 1.54) is 4.57 Å². The molecular weight excluding hydrogens is 416 g/mol. The lowest BCUT2D eigenvalue weighted by molar-refractivity contribution is -0.121. The first-order valence-corrected chi connectivity index (χ1v) is 10.9. The molecule has 1 unspecified atom stereocenters. The number of carbonyl (C=O) groups is 1. The van der Waals surface area contributed by atoms with Gasteiger partial charge in [-0.1, -0.05) is 41.9 Å². The number of aromatic amines is 1. The summed E-state index contributed by atoms with van der Waals surface area (Å²) in [5.74, 6) is -0.154. The highest BCUT2D eigenvalue weighted by Crippen LogP contribution is 2.29. The van der Waals surface area contributed by atoms with E-state index in [0.29, 0.717) is 22.5 Å². The van der Waals surface area contributed by atoms with E-state index < -0.39 is 11.2 Å². The Labute approximate surface area is 184 Å². The maximum absolute atomic E-state index is 12.6. The average Bonchev–Trinajstić information content (AvgIpc) is 3.29. The molecule has 3 aromatic rings. The third kappa shape index (κ3) is 4.73. The monoisotopic (exact) mass is 440 g/mol. The van der Waals surface area contributed by atoms with Crippen LogP contribution in [-0.2, 0) is 11.3 Å². The zero-order chi connectivity index (χ0) is 21.8. The van der Waals surface area contributed by atoms with Crippen LogP contribution in [0.2, 0.25) is 5.02 Å². The molecule has 4 rings (SSSR count). The molecule has 1 aliphatic heterocycles. The predicted octanol–water partition coefficient (Wildman–Crippen LogP) is 2.69. The third-order valence-corrected chi connectivity index (χ3v) is 6.15. The number of para-hydroxylation sites is 1. The standard InChI is InChI=1S/C23H25ClN4O3/c24-18-9-3-1-7-16(18)20(27-12-5-6-13-27)15-25-21(29)11-14-28-19-10-4-2-8-17(19)22(30)26-23(28)31/h1-4,7-10,20H,5-6,11-15H2,(H,25,29)(H,26,30,31). The molecular formula is C23H25ClN4O3. The number of benzene rings is 2. The molecule has 31 heavy (non-hydrogen) atoms. The van der Waals surface area contributed by atoms with Gasteiger partial charge in [0.15, 0.2) is 0 Å². The number of nitrogens with one attached hydrogen (secondary N) is 2. The summed E-state index contributed by atoms with van der Waals surface area (Å²) in [4.78, 5) is 41.6. The van der Waals surface area contributed by atoms with Crippen LogP contribution < -0.4 is 16.6 Å². The van der Waals surface area contributed by atoms with E-state index in [1.54, 1.807) is 24.3 Å². The molecule has 162 valence electrons. The minimum atomic E-state index is -0.512. The largest absolute Gasteiger partial charge is 0.354 e. The topological polar surface area (TPSA) is 87.2 Å². The van der Waals surface area contributed by atoms with Crippen molar-refractivity contribution in [2.75, 3.05) is 19.6 Å². The van der Waals surface area contributed by atoms with E-state index >= 15 is 0 Å². The first-order chi connectivity index (χ1) is 15.0. The molecule has 1 aliphatic rings. The molecule has 7 nitrogen and oxygen atoms in total. The van der Waals surface area contributed by atoms with Crippen molar-refractivity contribution in [1.29, 1.82) is 0 Å². The number of likely N-dealkylation sites (tertiary alicyclic amines) is 1. The minimum absolute atomic E-state index is 0.0109. The zero-order valence-corrected chi connectivity index (χ0v) is 17.9. The van der Waals surface area contributed by atoms with Crippen LogP contribution in [0.15, 0.2) is 58.1 Å². The van der Waals surface area contributed by atoms with Crippen molar-refractivity contribution in [2.45, 2.75) is 31.8 Å². The van der Waals surface area contributed by atoms with E-state index in [0.717, 1.165) is 31.5 Å². The highest BCUT2D eigenvalue weighted by molar-refractivity contribution is 6.31. The van der Waals surface area contributed by atoms with Crippen molar-refractivity contribution in [3.8, 4) is 0 Å². The van der Waals surface area contributed by atoms with Gasteiger partial charge in [0.1, 0.15) is 0 Å². The molecule has 1 aromatic heterocycles. The first-order valence-electron chi connectivity index (χ1n) is 10.5. The first kappa shape index (κ1) is 21.3. The van der Waals surface area contributed by atoms with Gasteiger partial charge in [0.2, 0.25) is 5.91 Å². The molecule has 2 heterocycles. The maximum atomic E-state index is 12.6. The van der Waals surface area contributed by atoms with Crippen molar-refractivity contribution < 1.29 is 4.79 Å². The van der Waals surface area contributed by atoms with Gasteiger partial charge in [0.25, 0.3) is 5.56 Å². The van der Waals surface area contributed by atoms with E-state index in [4.69, 9.17) is 11.6 Å². The minimum Gasteiger partial charge on any atom is -0.354 e. The number of hydrogen-bond acceptors (Lipinski definition) is 4. The number of nitrogens with zero attached hydrogens (tertiary/aromatic N) is 2. The number of carbonyl (C=O) groups excluding carboxylic acids is 1. The Bertz CT molecular complexity index is 1200. The van der Waals surface area contributed by atoms with E-state index in [9.17, 15) is 14.4 Å². The Morgan fingerprint density at radius 1 is 1.06 bits per heavy atom. The summed E-state index contributed by atoms with van der Waals surface area (Å²) >= 11 is 6.43. The van der Waals surface area contributed by atoms with Crippen molar-refractivity contribution in [3.63, 3.8) is 0 Å². The highest BCUT2D eigenvalue weighted by Gasteiger charge is 2.25. The molecule has 0 radical (unpaired) electrons. The van der Waals surface area contributed by atoms with Crippen LogP contribution >= 0.6 is 11.6 Å². The van der Waals surface area contributed by atoms with Gasteiger partial charge >= 0.3 is 5.69 Å². The summed E-state index contributed by atoms with van der Waals surface area (Å²) < 4.78 is 1.43. The van der Waals surface area contributed by atoms with E-state index in [2.05, 4.69) is 15.2 Å². The quantitative estimate of drug-likeness (QED) is 0.591. The molecule has 2 aromatic carbocycles. The van der Waals surface area contributed by atoms with Crippen LogP contribution in [0.4, 0.5) is 0 Å². The summed E-state index contributed by atoms with van der Waals surface area (Å²) in [6, 6.07) is 14.6. The van der Waals surface area contributed by atoms with Crippen molar-refractivity contribution >= 4 is 28.4 Å². The Morgan fingerprint density at radius 3 is 2.55 bits per heavy atom. The normalized spacial score (nSPS) is 15.3. The molecule has 0 spiro atoms. The SMILES string of the molecule is O=C(CCn1c(=O)[nH]c(=O)c2ccccc21)NCC(c1ccccc1Cl)N1CCCC1. The van der Waals surface area contributed by atoms with Crippen LogP contribution in [-0.4, -0.2) is 40.0 Å². The van der Waals surface area contributed by atoms with Gasteiger partial charge in [0, 0.05) is 24.5 Å². The Hall–Kier alpha value is -2.90. The molecule has 0 bridgehead atoms. The number of rotatable bonds is 7. The lowest BCUT2D eigenvalue weighted by Crippen LogP contribution is -2.38. The van der Waals surface area contributed by atoms with Gasteiger partial charge in [0.05, 0.1) is 16.9 Å². The van der Waals surface area contributed by atoms with E-state index in [-0.39, 0.29) is 24.9 Å². The average molecular weight is 441 g/mol. The lowest BCUT2D eigenvalue weighted by Gasteiger charge is -2.29. The Balaban J connectivity index is 1.45. The van der Waals surface area contributed by atoms with E-state index in [1.807, 2.05) is 24.3 Å². The number of aryl methyl sites for hydroxylation is 1. The van der Waals surface area contributed by atoms with Gasteiger partial charge in [-0.25, -0.2) is 4.79 Å². The molecule has 0 saturated carbocycles. The molecule has 1 atom stereocenters. The van der Waals surface area contributed by atoms with Gasteiger partial charge < -0.3 is 5.32 Å². The Morgan fingerprint density at radius 2 is 1.77 bits per heavy atom.